The summed E-state index contributed by atoms with van der Waals surface area (Å²) in [5.41, 5.74) is 2.25. The highest BCUT2D eigenvalue weighted by molar-refractivity contribution is 7.99. The molecule has 0 amide bonds. The summed E-state index contributed by atoms with van der Waals surface area (Å²) < 4.78 is 1.95. The van der Waals surface area contributed by atoms with E-state index in [0.29, 0.717) is 11.4 Å². The minimum atomic E-state index is -0.640. The van der Waals surface area contributed by atoms with Gasteiger partial charge in [-0.3, -0.25) is 20.2 Å². The summed E-state index contributed by atoms with van der Waals surface area (Å²) in [7, 11) is 1.79. The van der Waals surface area contributed by atoms with Gasteiger partial charge in [-0.25, -0.2) is 4.98 Å². The first-order chi connectivity index (χ1) is 12.9. The molecule has 0 bridgehead atoms. The number of thioether (sulfide) groups is 1. The van der Waals surface area contributed by atoms with Crippen LogP contribution in [0.4, 0.5) is 11.4 Å². The zero-order valence-corrected chi connectivity index (χ0v) is 15.5. The van der Waals surface area contributed by atoms with E-state index < -0.39 is 9.85 Å². The Labute approximate surface area is 158 Å². The van der Waals surface area contributed by atoms with Gasteiger partial charge in [-0.15, -0.1) is 0 Å². The Morgan fingerprint density at radius 3 is 2.63 bits per heavy atom. The van der Waals surface area contributed by atoms with E-state index in [9.17, 15) is 20.2 Å². The van der Waals surface area contributed by atoms with Crippen molar-refractivity contribution in [2.45, 2.75) is 17.2 Å². The Morgan fingerprint density at radius 2 is 1.96 bits per heavy atom. The second-order valence-corrected chi connectivity index (χ2v) is 7.16. The lowest BCUT2D eigenvalue weighted by Crippen LogP contribution is -2.19. The molecule has 3 aromatic rings. The van der Waals surface area contributed by atoms with Crippen LogP contribution in [0.15, 0.2) is 47.6 Å². The van der Waals surface area contributed by atoms with Gasteiger partial charge in [0.15, 0.2) is 0 Å². The van der Waals surface area contributed by atoms with Crippen molar-refractivity contribution in [3.63, 3.8) is 0 Å². The highest BCUT2D eigenvalue weighted by Gasteiger charge is 2.24. The molecule has 9 nitrogen and oxygen atoms in total. The van der Waals surface area contributed by atoms with Crippen LogP contribution in [-0.4, -0.2) is 33.0 Å². The summed E-state index contributed by atoms with van der Waals surface area (Å²) in [6.07, 6.45) is 1.70. The number of rotatable bonds is 7. The third kappa shape index (κ3) is 3.91. The van der Waals surface area contributed by atoms with Crippen LogP contribution < -0.4 is 5.32 Å². The largest absolute Gasteiger partial charge is 0.317 e. The maximum absolute atomic E-state index is 11.4. The lowest BCUT2D eigenvalue weighted by molar-refractivity contribution is -0.396. The fourth-order valence-corrected chi connectivity index (χ4v) is 3.97. The van der Waals surface area contributed by atoms with E-state index >= 15 is 0 Å². The van der Waals surface area contributed by atoms with E-state index in [0.717, 1.165) is 22.7 Å². The topological polar surface area (TPSA) is 116 Å². The van der Waals surface area contributed by atoms with E-state index in [4.69, 9.17) is 0 Å². The molecule has 1 heterocycles. The van der Waals surface area contributed by atoms with Crippen molar-refractivity contribution in [3.05, 3.63) is 68.5 Å². The SMILES string of the molecule is CNCC(Sc1ccc([N+](=O)[O-])cc1[N+](=O)[O-])n1cnc2ccc(C)cc21. The fourth-order valence-electron chi connectivity index (χ4n) is 2.75. The highest BCUT2D eigenvalue weighted by atomic mass is 32.2. The summed E-state index contributed by atoms with van der Waals surface area (Å²) in [4.78, 5) is 25.9. The zero-order chi connectivity index (χ0) is 19.6. The smallest absolute Gasteiger partial charge is 0.289 e. The van der Waals surface area contributed by atoms with Gasteiger partial charge in [0.2, 0.25) is 0 Å². The molecular weight excluding hydrogens is 370 g/mol. The number of benzene rings is 2. The van der Waals surface area contributed by atoms with E-state index in [2.05, 4.69) is 10.3 Å². The van der Waals surface area contributed by atoms with E-state index in [1.54, 1.807) is 13.4 Å². The number of hydrogen-bond acceptors (Lipinski definition) is 7. The van der Waals surface area contributed by atoms with Gasteiger partial charge in [0.25, 0.3) is 11.4 Å². The van der Waals surface area contributed by atoms with Crippen LogP contribution >= 0.6 is 11.8 Å². The summed E-state index contributed by atoms with van der Waals surface area (Å²) in [5, 5.41) is 25.2. The van der Waals surface area contributed by atoms with Crippen molar-refractivity contribution < 1.29 is 9.85 Å². The number of nitro groups is 2. The molecule has 0 fully saturated rings. The molecule has 1 unspecified atom stereocenters. The Kier molecular flexibility index (Phi) is 5.38. The van der Waals surface area contributed by atoms with Gasteiger partial charge in [0.1, 0.15) is 0 Å². The van der Waals surface area contributed by atoms with Gasteiger partial charge in [-0.1, -0.05) is 17.8 Å². The predicted molar refractivity (Wildman–Crippen MR) is 103 cm³/mol. The lowest BCUT2D eigenvalue weighted by atomic mass is 10.2. The molecule has 1 atom stereocenters. The number of aromatic nitrogens is 2. The van der Waals surface area contributed by atoms with Crippen LogP contribution in [0.2, 0.25) is 0 Å². The highest BCUT2D eigenvalue weighted by Crippen LogP contribution is 2.39. The van der Waals surface area contributed by atoms with Crippen LogP contribution in [0.3, 0.4) is 0 Å². The summed E-state index contributed by atoms with van der Waals surface area (Å²) in [6.45, 7) is 2.51. The van der Waals surface area contributed by atoms with Crippen LogP contribution in [0, 0.1) is 27.2 Å². The molecular formula is C17H17N5O4S. The average Bonchev–Trinajstić information content (AvgIpc) is 3.04. The standard InChI is InChI=1S/C17H17N5O4S/c1-11-3-5-13-14(7-11)20(10-19-13)17(9-18-2)27-16-6-4-12(21(23)24)8-15(16)22(25)26/h3-8,10,17-18H,9H2,1-2H3. The van der Waals surface area contributed by atoms with E-state index in [1.165, 1.54) is 23.9 Å². The molecule has 1 N–H and O–H groups in total. The number of aryl methyl sites for hydroxylation is 1. The van der Waals surface area contributed by atoms with Gasteiger partial charge < -0.3 is 9.88 Å². The van der Waals surface area contributed by atoms with Gasteiger partial charge in [-0.2, -0.15) is 0 Å². The molecule has 27 heavy (non-hydrogen) atoms. The Hall–Kier alpha value is -2.98. The number of likely N-dealkylation sites (N-methyl/N-ethyl adjacent to an activating group) is 1. The van der Waals surface area contributed by atoms with Crippen LogP contribution in [-0.2, 0) is 0 Å². The number of nitrogens with zero attached hydrogens (tertiary/aromatic N) is 4. The summed E-state index contributed by atoms with van der Waals surface area (Å²) in [6, 6.07) is 9.61. The van der Waals surface area contributed by atoms with E-state index in [-0.39, 0.29) is 16.7 Å². The van der Waals surface area contributed by atoms with Gasteiger partial charge >= 0.3 is 0 Å². The number of hydrogen-bond donors (Lipinski definition) is 1. The predicted octanol–water partition coefficient (Wildman–Crippen LogP) is 3.67. The molecule has 140 valence electrons. The van der Waals surface area contributed by atoms with Crippen molar-refractivity contribution >= 4 is 34.2 Å². The molecule has 0 aliphatic carbocycles. The lowest BCUT2D eigenvalue weighted by Gasteiger charge is -2.19. The minimum Gasteiger partial charge on any atom is -0.317 e. The minimum absolute atomic E-state index is 0.220. The first-order valence-electron chi connectivity index (χ1n) is 8.08. The van der Waals surface area contributed by atoms with Crippen LogP contribution in [0.5, 0.6) is 0 Å². The van der Waals surface area contributed by atoms with Gasteiger partial charge in [-0.05, 0) is 37.7 Å². The molecule has 0 saturated carbocycles. The molecule has 1 aromatic heterocycles. The normalized spacial score (nSPS) is 12.2. The molecule has 0 saturated heterocycles. The number of nitrogens with one attached hydrogen (secondary N) is 1. The molecule has 0 aliphatic heterocycles. The molecule has 3 rings (SSSR count). The first-order valence-corrected chi connectivity index (χ1v) is 8.96. The fraction of sp³-hybridized carbons (Fsp3) is 0.235. The van der Waals surface area contributed by atoms with Crippen molar-refractivity contribution in [1.29, 1.82) is 0 Å². The summed E-state index contributed by atoms with van der Waals surface area (Å²) in [5.74, 6) is 0. The average molecular weight is 387 g/mol. The third-order valence-corrected chi connectivity index (χ3v) is 5.30. The molecule has 0 spiro atoms. The number of nitro benzene ring substituents is 2. The van der Waals surface area contributed by atoms with Crippen LogP contribution in [0.25, 0.3) is 11.0 Å². The van der Waals surface area contributed by atoms with Crippen molar-refractivity contribution in [2.24, 2.45) is 0 Å². The number of non-ortho nitro benzene ring substituents is 1. The summed E-state index contributed by atoms with van der Waals surface area (Å²) >= 11 is 1.26. The monoisotopic (exact) mass is 387 g/mol. The maximum atomic E-state index is 11.4. The third-order valence-electron chi connectivity index (χ3n) is 4.03. The van der Waals surface area contributed by atoms with Gasteiger partial charge in [0, 0.05) is 12.6 Å². The second-order valence-electron chi connectivity index (χ2n) is 5.94. The zero-order valence-electron chi connectivity index (χ0n) is 14.7. The number of imidazole rings is 1. The van der Waals surface area contributed by atoms with Crippen molar-refractivity contribution in [2.75, 3.05) is 13.6 Å². The van der Waals surface area contributed by atoms with Crippen LogP contribution in [0.1, 0.15) is 10.9 Å². The number of fused-ring (bicyclic) bond motifs is 1. The Bertz CT molecular complexity index is 1020. The molecule has 2 aromatic carbocycles. The van der Waals surface area contributed by atoms with E-state index in [1.807, 2.05) is 29.7 Å². The molecule has 0 radical (unpaired) electrons. The second kappa shape index (κ2) is 7.72. The Balaban J connectivity index is 2.03. The van der Waals surface area contributed by atoms with Crippen molar-refractivity contribution in [3.8, 4) is 0 Å². The molecule has 10 heteroatoms. The maximum Gasteiger partial charge on any atom is 0.289 e. The van der Waals surface area contributed by atoms with Crippen molar-refractivity contribution in [1.82, 2.24) is 14.9 Å². The quantitative estimate of drug-likeness (QED) is 0.373. The van der Waals surface area contributed by atoms with Gasteiger partial charge in [0.05, 0.1) is 43.5 Å². The molecule has 0 aliphatic rings. The first kappa shape index (κ1) is 18.8. The Morgan fingerprint density at radius 1 is 1.19 bits per heavy atom.